The first kappa shape index (κ1) is 52.7. The maximum Gasteiger partial charge on any atom is 0.159 e. The Bertz CT molecular complexity index is 6090. The van der Waals surface area contributed by atoms with E-state index >= 15 is 0 Å². The second-order valence-corrected chi connectivity index (χ2v) is 27.3. The molecule has 102 heavy (non-hydrogen) atoms. The van der Waals surface area contributed by atoms with Crippen LogP contribution in [0.2, 0.25) is 0 Å². The molecule has 19 rings (SSSR count). The monoisotopic (exact) mass is 1360 g/mol. The largest absolute Gasteiger partial charge is 0.454 e. The predicted octanol–water partition coefficient (Wildman–Crippen LogP) is 24.3. The van der Waals surface area contributed by atoms with Crippen LogP contribution >= 0.6 is 0 Å². The van der Waals surface area contributed by atoms with Crippen LogP contribution in [0.1, 0.15) is 108 Å². The lowest BCUT2D eigenvalue weighted by Gasteiger charge is -2.33. The molecular weight excluding hydrogens is 1260 g/mol. The Morgan fingerprint density at radius 1 is 0.314 bits per heavy atom. The number of hydrogen-bond donors (Lipinski definition) is 0. The van der Waals surface area contributed by atoms with Gasteiger partial charge in [-0.15, -0.1) is 0 Å². The van der Waals surface area contributed by atoms with E-state index in [1.807, 2.05) is 206 Å². The lowest BCUT2D eigenvalue weighted by atomic mass is 10.1. The van der Waals surface area contributed by atoms with Gasteiger partial charge in [0.05, 0.1) is 61.0 Å². The average molecular weight is 1360 g/mol. The fourth-order valence-electron chi connectivity index (χ4n) is 16.1. The zero-order chi connectivity index (χ0) is 80.9. The minimum absolute atomic E-state index is 0.00223. The molecule has 0 saturated heterocycles. The van der Waals surface area contributed by atoms with Gasteiger partial charge in [-0.1, -0.05) is 158 Å². The van der Waals surface area contributed by atoms with E-state index in [1.165, 1.54) is 18.7 Å². The molecule has 11 aromatic carbocycles. The maximum atomic E-state index is 8.81. The van der Waals surface area contributed by atoms with Gasteiger partial charge in [0.1, 0.15) is 47.0 Å². The summed E-state index contributed by atoms with van der Waals surface area (Å²) >= 11 is 0. The third-order valence-corrected chi connectivity index (χ3v) is 20.7. The molecule has 0 aliphatic carbocycles. The highest BCUT2D eigenvalue weighted by atomic mass is 16.3. The van der Waals surface area contributed by atoms with Gasteiger partial charge in [-0.05, 0) is 180 Å². The lowest BCUT2D eigenvalue weighted by molar-refractivity contribution is 0.263. The maximum absolute atomic E-state index is 8.81. The molecule has 0 radical (unpaired) electrons. The Hall–Kier alpha value is -11.2. The van der Waals surface area contributed by atoms with Crippen molar-refractivity contribution in [2.24, 2.45) is 0 Å². The first-order valence-corrected chi connectivity index (χ1v) is 34.9. The van der Waals surface area contributed by atoms with E-state index in [4.69, 9.17) is 34.1 Å². The van der Waals surface area contributed by atoms with Crippen LogP contribution in [0.3, 0.4) is 0 Å². The van der Waals surface area contributed by atoms with Gasteiger partial charge in [-0.2, -0.15) is 0 Å². The molecule has 15 aromatic rings. The van der Waals surface area contributed by atoms with E-state index in [0.717, 1.165) is 161 Å². The summed E-state index contributed by atoms with van der Waals surface area (Å²) in [6, 6.07) is 68.2. The van der Waals surface area contributed by atoms with Gasteiger partial charge >= 0.3 is 0 Å². The summed E-state index contributed by atoms with van der Waals surface area (Å²) in [6.45, 7) is 15.8. The first-order chi connectivity index (χ1) is 54.0. The summed E-state index contributed by atoms with van der Waals surface area (Å²) in [6.07, 6.45) is 2.43. The second-order valence-electron chi connectivity index (χ2n) is 27.3. The zero-order valence-electron chi connectivity index (χ0n) is 71.5. The summed E-state index contributed by atoms with van der Waals surface area (Å²) in [5.74, 6) is 0. The molecule has 8 heterocycles. The third kappa shape index (κ3) is 10.5. The van der Waals surface area contributed by atoms with Crippen molar-refractivity contribution in [3.05, 3.63) is 253 Å². The summed E-state index contributed by atoms with van der Waals surface area (Å²) in [5, 5.41) is 8.50. The molecule has 4 aromatic heterocycles. The number of hydrogen-bond acceptors (Lipinski definition) is 12. The van der Waals surface area contributed by atoms with Crippen LogP contribution in [0.15, 0.2) is 248 Å². The molecule has 6 atom stereocenters. The van der Waals surface area contributed by atoms with Gasteiger partial charge < -0.3 is 56.9 Å². The number of para-hydroxylation sites is 10. The summed E-state index contributed by atoms with van der Waals surface area (Å²) < 4.78 is 122. The molecule has 6 unspecified atom stereocenters. The fraction of sp³-hybridized carbons (Fsp3) is 0.244. The van der Waals surface area contributed by atoms with Crippen molar-refractivity contribution in [2.75, 3.05) is 41.3 Å². The van der Waals surface area contributed by atoms with Gasteiger partial charge in [0.15, 0.2) is 22.3 Å². The Balaban J connectivity index is 0.000000115. The number of rotatable bonds is 7. The molecule has 0 bridgehead atoms. The first-order valence-electron chi connectivity index (χ1n) is 40.9. The number of fused-ring (bicyclic) bond motifs is 15. The number of aryl methyl sites for hydroxylation is 4. The number of furan rings is 4. The quantitative estimate of drug-likeness (QED) is 0.152. The van der Waals surface area contributed by atoms with Crippen molar-refractivity contribution in [2.45, 2.75) is 140 Å². The third-order valence-electron chi connectivity index (χ3n) is 20.7. The van der Waals surface area contributed by atoms with Gasteiger partial charge in [0.25, 0.3) is 0 Å². The van der Waals surface area contributed by atoms with Crippen LogP contribution in [0.25, 0.3) is 87.8 Å². The molecule has 0 N–H and O–H groups in total. The highest BCUT2D eigenvalue weighted by Crippen LogP contribution is 2.53. The molecule has 12 nitrogen and oxygen atoms in total. The van der Waals surface area contributed by atoms with Gasteiger partial charge in [0, 0.05) is 92.9 Å². The van der Waals surface area contributed by atoms with Crippen molar-refractivity contribution in [1.82, 2.24) is 4.90 Å². The number of benzene rings is 11. The van der Waals surface area contributed by atoms with Gasteiger partial charge in [0.2, 0.25) is 0 Å². The summed E-state index contributed by atoms with van der Waals surface area (Å²) in [7, 11) is 0. The van der Waals surface area contributed by atoms with Crippen LogP contribution in [-0.4, -0.2) is 54.6 Å². The topological polar surface area (TPSA) is 78.5 Å². The van der Waals surface area contributed by atoms with Crippen LogP contribution in [0, 0.1) is 27.7 Å². The van der Waals surface area contributed by atoms with Crippen LogP contribution in [0.5, 0.6) is 0 Å². The van der Waals surface area contributed by atoms with Crippen LogP contribution in [-0.2, 0) is 0 Å². The van der Waals surface area contributed by atoms with Crippen molar-refractivity contribution < 1.29 is 34.1 Å². The molecule has 12 heteroatoms. The summed E-state index contributed by atoms with van der Waals surface area (Å²) in [5.41, 5.74) is 20.1. The lowest BCUT2D eigenvalue weighted by Crippen LogP contribution is -2.42. The standard InChI is InChI=1S/2C24H24N2O.C22H20N2O.C20H22N2O/c2*1-15(2)25-17(4)26(21-11-7-6-10-20(21)25)23-16(3)13-14-19-18-9-5-8-12-22(18)27-24(19)23;1-14-12-13-17-16-8-4-7-11-20(16)25-22(17)21(14)24-15(2)23(3)18-9-5-6-10-19(18)24;1-13(2)21-11-12-22(15(21)4)19-14(3)9-10-17-16-7-5-6-8-18(16)23-20(17)19/h2*5-15,17H,1-4H3;4-13,15H,1-3H3;5-13,15H,1-4H3/i1D3,15D;15D;3D3;1D3,13D. The fourth-order valence-corrected chi connectivity index (χ4v) is 16.1. The van der Waals surface area contributed by atoms with Gasteiger partial charge in [-0.25, -0.2) is 0 Å². The normalized spacial score (nSPS) is 20.4. The smallest absolute Gasteiger partial charge is 0.159 e. The van der Waals surface area contributed by atoms with Crippen molar-refractivity contribution in [3.63, 3.8) is 0 Å². The highest BCUT2D eigenvalue weighted by molar-refractivity contribution is 6.14. The molecule has 0 amide bonds. The Morgan fingerprint density at radius 2 is 0.627 bits per heavy atom. The van der Waals surface area contributed by atoms with E-state index in [2.05, 4.69) is 112 Å². The molecule has 4 aliphatic heterocycles. The van der Waals surface area contributed by atoms with Crippen LogP contribution in [0.4, 0.5) is 56.9 Å². The molecular formula is C90H90N8O4. The van der Waals surface area contributed by atoms with Crippen molar-refractivity contribution >= 4 is 145 Å². The van der Waals surface area contributed by atoms with Crippen molar-refractivity contribution in [3.8, 4) is 0 Å². The van der Waals surface area contributed by atoms with E-state index in [-0.39, 0.29) is 18.5 Å². The van der Waals surface area contributed by atoms with E-state index in [0.29, 0.717) is 5.69 Å². The molecule has 514 valence electrons. The second kappa shape index (κ2) is 25.7. The Labute approximate surface area is 614 Å². The molecule has 0 saturated carbocycles. The van der Waals surface area contributed by atoms with Crippen molar-refractivity contribution in [1.29, 1.82) is 0 Å². The zero-order valence-corrected chi connectivity index (χ0v) is 59.5. The average Bonchev–Trinajstić information content (AvgIpc) is 1.47. The number of nitrogens with zero attached hydrogens (tertiary/aromatic N) is 8. The minimum atomic E-state index is -2.48. The number of anilines is 10. The highest BCUT2D eigenvalue weighted by Gasteiger charge is 2.40. The minimum Gasteiger partial charge on any atom is -0.454 e. The van der Waals surface area contributed by atoms with E-state index in [1.54, 1.807) is 16.0 Å². The van der Waals surface area contributed by atoms with E-state index < -0.39 is 44.9 Å². The SMILES string of the molecule is [2H]C(C)(C)N1c2ccccc2N(c2c(C)ccc3c2oc2ccccc23)C1C.[2H]C([2H])([2H])C([2H])(C)N1C=CN(c2c(C)ccc3c2oc2ccccc23)C1C.[2H]C([2H])([2H])C([2H])(C)N1c2ccccc2N(c2c(C)ccc3c2oc2ccccc23)C1C.[2H]C([2H])([2H])N1c2ccccc2N(c2c(C)ccc3c2oc2ccccc23)C1C. The predicted molar refractivity (Wildman–Crippen MR) is 430 cm³/mol. The summed E-state index contributed by atoms with van der Waals surface area (Å²) in [4.78, 5) is 15.4. The van der Waals surface area contributed by atoms with Gasteiger partial charge in [-0.3, -0.25) is 0 Å². The molecule has 0 fully saturated rings. The molecule has 4 aliphatic rings. The van der Waals surface area contributed by atoms with Crippen LogP contribution < -0.4 is 34.3 Å². The van der Waals surface area contributed by atoms with E-state index in [9.17, 15) is 0 Å². The Morgan fingerprint density at radius 3 is 1.00 bits per heavy atom. The Kier molecular flexibility index (Phi) is 13.3. The molecule has 0 spiro atoms.